The van der Waals surface area contributed by atoms with Gasteiger partial charge in [-0.25, -0.2) is 15.6 Å². The molecule has 0 aromatic heterocycles. The first-order chi connectivity index (χ1) is 4.20. The van der Waals surface area contributed by atoms with Gasteiger partial charge in [0, 0.05) is 6.54 Å². The van der Waals surface area contributed by atoms with Crippen LogP contribution in [0.25, 0.3) is 0 Å². The number of rotatable bonds is 2. The third-order valence-corrected chi connectivity index (χ3v) is 1.40. The van der Waals surface area contributed by atoms with Gasteiger partial charge in [-0.15, -0.1) is 0 Å². The van der Waals surface area contributed by atoms with Crippen molar-refractivity contribution in [2.45, 2.75) is 12.8 Å². The lowest BCUT2D eigenvalue weighted by molar-refractivity contribution is 0.143. The summed E-state index contributed by atoms with van der Waals surface area (Å²) < 4.78 is 0. The highest BCUT2D eigenvalue weighted by Gasteiger charge is 2.24. The summed E-state index contributed by atoms with van der Waals surface area (Å²) in [7, 11) is 0. The van der Waals surface area contributed by atoms with Gasteiger partial charge in [-0.3, -0.25) is 0 Å². The maximum Gasteiger partial charge on any atom is 0.421 e. The van der Waals surface area contributed by atoms with E-state index in [2.05, 4.69) is 0 Å². The number of hydrogen-bond donors (Lipinski definition) is 2. The molecule has 0 aliphatic heterocycles. The molecule has 0 atom stereocenters. The number of hydrazine groups is 1. The zero-order valence-electron chi connectivity index (χ0n) is 5.08. The van der Waals surface area contributed by atoms with E-state index in [1.165, 1.54) is 0 Å². The molecule has 3 N–H and O–H groups in total. The normalized spacial score (nSPS) is 17.4. The van der Waals surface area contributed by atoms with Crippen LogP contribution in [0.15, 0.2) is 0 Å². The SMILES string of the molecule is NN(CC1CC1)C(=O)O. The van der Waals surface area contributed by atoms with Crippen molar-refractivity contribution in [1.82, 2.24) is 5.01 Å². The molecular formula is C5H10N2O2. The Morgan fingerprint density at radius 2 is 2.33 bits per heavy atom. The van der Waals surface area contributed by atoms with E-state index >= 15 is 0 Å². The second kappa shape index (κ2) is 2.23. The van der Waals surface area contributed by atoms with Crippen molar-refractivity contribution in [3.8, 4) is 0 Å². The fourth-order valence-corrected chi connectivity index (χ4v) is 0.657. The van der Waals surface area contributed by atoms with Gasteiger partial charge in [-0.05, 0) is 18.8 Å². The quantitative estimate of drug-likeness (QED) is 0.320. The molecule has 0 aromatic rings. The number of nitrogens with two attached hydrogens (primary N) is 1. The van der Waals surface area contributed by atoms with Crippen LogP contribution in [-0.2, 0) is 0 Å². The largest absolute Gasteiger partial charge is 0.464 e. The highest BCUT2D eigenvalue weighted by molar-refractivity contribution is 5.64. The van der Waals surface area contributed by atoms with E-state index in [0.29, 0.717) is 12.5 Å². The summed E-state index contributed by atoms with van der Waals surface area (Å²) in [6, 6.07) is 0. The lowest BCUT2D eigenvalue weighted by atomic mass is 10.4. The molecule has 0 aromatic carbocycles. The summed E-state index contributed by atoms with van der Waals surface area (Å²) >= 11 is 0. The first-order valence-corrected chi connectivity index (χ1v) is 2.95. The van der Waals surface area contributed by atoms with E-state index in [9.17, 15) is 4.79 Å². The van der Waals surface area contributed by atoms with Crippen LogP contribution in [0.1, 0.15) is 12.8 Å². The third kappa shape index (κ3) is 1.89. The minimum Gasteiger partial charge on any atom is -0.464 e. The number of carboxylic acid groups (broad SMARTS) is 1. The molecule has 0 heterocycles. The van der Waals surface area contributed by atoms with Gasteiger partial charge in [0.1, 0.15) is 0 Å². The number of nitrogens with zero attached hydrogens (tertiary/aromatic N) is 1. The molecule has 0 radical (unpaired) electrons. The lowest BCUT2D eigenvalue weighted by Crippen LogP contribution is -2.37. The van der Waals surface area contributed by atoms with Crippen molar-refractivity contribution in [2.75, 3.05) is 6.54 Å². The summed E-state index contributed by atoms with van der Waals surface area (Å²) in [5.41, 5.74) is 0. The van der Waals surface area contributed by atoms with Crippen molar-refractivity contribution in [2.24, 2.45) is 11.8 Å². The smallest absolute Gasteiger partial charge is 0.421 e. The van der Waals surface area contributed by atoms with Crippen LogP contribution in [0, 0.1) is 5.92 Å². The number of carbonyl (C=O) groups is 1. The number of hydrogen-bond acceptors (Lipinski definition) is 2. The highest BCUT2D eigenvalue weighted by Crippen LogP contribution is 2.28. The maximum atomic E-state index is 10.1. The van der Waals surface area contributed by atoms with Gasteiger partial charge in [0.05, 0.1) is 0 Å². The van der Waals surface area contributed by atoms with E-state index in [-0.39, 0.29) is 0 Å². The molecule has 4 heteroatoms. The second-order valence-electron chi connectivity index (χ2n) is 2.38. The minimum atomic E-state index is -1.04. The molecule has 0 bridgehead atoms. The first-order valence-electron chi connectivity index (χ1n) is 2.95. The molecule has 4 nitrogen and oxygen atoms in total. The van der Waals surface area contributed by atoms with Crippen LogP contribution in [0.5, 0.6) is 0 Å². The molecule has 0 unspecified atom stereocenters. The first kappa shape index (κ1) is 6.35. The Kier molecular flexibility index (Phi) is 1.57. The van der Waals surface area contributed by atoms with E-state index in [0.717, 1.165) is 17.9 Å². The number of amides is 1. The van der Waals surface area contributed by atoms with Crippen LogP contribution in [-0.4, -0.2) is 22.8 Å². The van der Waals surface area contributed by atoms with Gasteiger partial charge in [0.25, 0.3) is 0 Å². The van der Waals surface area contributed by atoms with Crippen LogP contribution in [0.4, 0.5) is 4.79 Å². The molecule has 1 fully saturated rings. The average Bonchev–Trinajstić information content (AvgIpc) is 2.50. The fraction of sp³-hybridized carbons (Fsp3) is 0.800. The van der Waals surface area contributed by atoms with Crippen LogP contribution >= 0.6 is 0 Å². The Bertz CT molecular complexity index is 122. The standard InChI is InChI=1S/C5H10N2O2/c6-7(5(8)9)3-4-1-2-4/h4H,1-3,6H2,(H,8,9). The Labute approximate surface area is 53.2 Å². The Hall–Kier alpha value is -0.770. The minimum absolute atomic E-state index is 0.495. The van der Waals surface area contributed by atoms with Gasteiger partial charge >= 0.3 is 6.09 Å². The van der Waals surface area contributed by atoms with Gasteiger partial charge < -0.3 is 5.11 Å². The Morgan fingerprint density at radius 1 is 1.78 bits per heavy atom. The molecule has 1 aliphatic rings. The Balaban J connectivity index is 2.16. The molecule has 0 saturated heterocycles. The monoisotopic (exact) mass is 130 g/mol. The van der Waals surface area contributed by atoms with E-state index in [1.54, 1.807) is 0 Å². The molecule has 52 valence electrons. The van der Waals surface area contributed by atoms with Gasteiger partial charge in [-0.2, -0.15) is 0 Å². The maximum absolute atomic E-state index is 10.1. The summed E-state index contributed by atoms with van der Waals surface area (Å²) in [4.78, 5) is 10.1. The molecular weight excluding hydrogens is 120 g/mol. The highest BCUT2D eigenvalue weighted by atomic mass is 16.4. The summed E-state index contributed by atoms with van der Waals surface area (Å²) in [6.45, 7) is 0.495. The van der Waals surface area contributed by atoms with Gasteiger partial charge in [0.15, 0.2) is 0 Å². The molecule has 1 amide bonds. The lowest BCUT2D eigenvalue weighted by Gasteiger charge is -2.09. The zero-order chi connectivity index (χ0) is 6.85. The van der Waals surface area contributed by atoms with Crippen molar-refractivity contribution >= 4 is 6.09 Å². The van der Waals surface area contributed by atoms with Crippen molar-refractivity contribution < 1.29 is 9.90 Å². The predicted octanol–water partition coefficient (Wildman–Crippen LogP) is 0.250. The molecule has 0 spiro atoms. The average molecular weight is 130 g/mol. The van der Waals surface area contributed by atoms with Crippen molar-refractivity contribution in [1.29, 1.82) is 0 Å². The van der Waals surface area contributed by atoms with Crippen molar-refractivity contribution in [3.05, 3.63) is 0 Å². The summed E-state index contributed by atoms with van der Waals surface area (Å²) in [5.74, 6) is 5.62. The van der Waals surface area contributed by atoms with E-state index < -0.39 is 6.09 Å². The van der Waals surface area contributed by atoms with Crippen LogP contribution < -0.4 is 5.84 Å². The second-order valence-corrected chi connectivity index (χ2v) is 2.38. The fourth-order valence-electron chi connectivity index (χ4n) is 0.657. The third-order valence-electron chi connectivity index (χ3n) is 1.40. The molecule has 1 rings (SSSR count). The Morgan fingerprint density at radius 3 is 2.67 bits per heavy atom. The molecule has 1 aliphatic carbocycles. The van der Waals surface area contributed by atoms with Crippen molar-refractivity contribution in [3.63, 3.8) is 0 Å². The van der Waals surface area contributed by atoms with Gasteiger partial charge in [0.2, 0.25) is 0 Å². The molecule has 1 saturated carbocycles. The summed E-state index contributed by atoms with van der Waals surface area (Å²) in [5, 5.41) is 9.10. The summed E-state index contributed by atoms with van der Waals surface area (Å²) in [6.07, 6.45) is 1.21. The van der Waals surface area contributed by atoms with E-state index in [1.807, 2.05) is 0 Å². The zero-order valence-corrected chi connectivity index (χ0v) is 5.08. The van der Waals surface area contributed by atoms with Crippen LogP contribution in [0.2, 0.25) is 0 Å². The van der Waals surface area contributed by atoms with Crippen LogP contribution in [0.3, 0.4) is 0 Å². The van der Waals surface area contributed by atoms with Gasteiger partial charge in [-0.1, -0.05) is 0 Å². The predicted molar refractivity (Wildman–Crippen MR) is 31.6 cm³/mol. The van der Waals surface area contributed by atoms with E-state index in [4.69, 9.17) is 10.9 Å². The topological polar surface area (TPSA) is 66.6 Å². The molecule has 9 heavy (non-hydrogen) atoms.